The second-order valence-corrected chi connectivity index (χ2v) is 9.97. The number of phenols is 1. The van der Waals surface area contributed by atoms with E-state index in [4.69, 9.17) is 10.5 Å². The van der Waals surface area contributed by atoms with Crippen molar-refractivity contribution in [3.63, 3.8) is 0 Å². The van der Waals surface area contributed by atoms with Crippen LogP contribution in [-0.4, -0.2) is 51.5 Å². The first-order valence-electron chi connectivity index (χ1n) is 12.9. The van der Waals surface area contributed by atoms with E-state index in [0.29, 0.717) is 26.1 Å². The summed E-state index contributed by atoms with van der Waals surface area (Å²) in [5, 5.41) is 9.71. The molecular formula is C29H36N4O4. The topological polar surface area (TPSA) is 122 Å². The number of H-pyrrole nitrogens is 1. The molecule has 0 aliphatic carbocycles. The maximum absolute atomic E-state index is 14.0. The Morgan fingerprint density at radius 1 is 1.14 bits per heavy atom. The van der Waals surface area contributed by atoms with Crippen molar-refractivity contribution < 1.29 is 19.4 Å². The number of hydrogen-bond acceptors (Lipinski definition) is 5. The van der Waals surface area contributed by atoms with Crippen molar-refractivity contribution >= 4 is 11.8 Å². The molecule has 0 bridgehead atoms. The van der Waals surface area contributed by atoms with Gasteiger partial charge in [-0.05, 0) is 48.6 Å². The Bertz CT molecular complexity index is 1190. The fourth-order valence-corrected chi connectivity index (χ4v) is 5.16. The first-order chi connectivity index (χ1) is 17.8. The smallest absolute Gasteiger partial charge is 0.227 e. The highest BCUT2D eigenvalue weighted by Gasteiger charge is 2.50. The van der Waals surface area contributed by atoms with Gasteiger partial charge in [0.05, 0.1) is 31.3 Å². The summed E-state index contributed by atoms with van der Waals surface area (Å²) >= 11 is 0. The fraction of sp³-hybridized carbons (Fsp3) is 0.414. The summed E-state index contributed by atoms with van der Waals surface area (Å²) in [5.74, 6) is -1.91. The molecule has 3 aromatic rings. The lowest BCUT2D eigenvalue weighted by Gasteiger charge is -2.51. The van der Waals surface area contributed by atoms with Crippen LogP contribution in [0, 0.1) is 18.8 Å². The van der Waals surface area contributed by atoms with Crippen LogP contribution < -0.4 is 5.73 Å². The number of carbonyl (C=O) groups is 2. The summed E-state index contributed by atoms with van der Waals surface area (Å²) in [7, 11) is 0. The monoisotopic (exact) mass is 504 g/mol. The van der Waals surface area contributed by atoms with E-state index in [0.717, 1.165) is 35.2 Å². The Labute approximate surface area is 217 Å². The summed E-state index contributed by atoms with van der Waals surface area (Å²) in [6.07, 6.45) is 5.77. The quantitative estimate of drug-likeness (QED) is 0.326. The standard InChI is InChI=1S/C29H36N4O4/c1-3-4-13-37-29(26-8-6-5-7-20(26)2)17-33(18-29)28(36)25(14-21-9-11-23(34)12-10-21)24(27(30)35)15-22-16-31-19-32-22/h5-12,16,19,24-25,34H,3-4,13-15,17-18H2,1-2H3,(H2,30,35)(H,31,32). The number of phenolic OH excluding ortho intramolecular Hbond substituents is 1. The number of likely N-dealkylation sites (tertiary alicyclic amines) is 1. The van der Waals surface area contributed by atoms with Gasteiger partial charge in [-0.25, -0.2) is 4.98 Å². The van der Waals surface area contributed by atoms with Crippen LogP contribution in [0.4, 0.5) is 0 Å². The highest BCUT2D eigenvalue weighted by molar-refractivity contribution is 5.88. The number of imidazole rings is 1. The van der Waals surface area contributed by atoms with Gasteiger partial charge in [0.1, 0.15) is 11.4 Å². The molecule has 1 fully saturated rings. The molecule has 1 aromatic heterocycles. The second-order valence-electron chi connectivity index (χ2n) is 9.97. The molecule has 196 valence electrons. The number of aromatic hydroxyl groups is 1. The average molecular weight is 505 g/mol. The number of aryl methyl sites for hydroxylation is 1. The molecule has 0 spiro atoms. The summed E-state index contributed by atoms with van der Waals surface area (Å²) < 4.78 is 6.43. The number of nitrogens with one attached hydrogen (secondary N) is 1. The third kappa shape index (κ3) is 6.02. The number of ether oxygens (including phenoxy) is 1. The normalized spacial score (nSPS) is 16.1. The number of benzene rings is 2. The maximum atomic E-state index is 14.0. The molecule has 4 N–H and O–H groups in total. The number of nitrogens with two attached hydrogens (primary N) is 1. The minimum atomic E-state index is -0.726. The highest BCUT2D eigenvalue weighted by Crippen LogP contribution is 2.39. The molecule has 2 heterocycles. The molecular weight excluding hydrogens is 468 g/mol. The lowest BCUT2D eigenvalue weighted by atomic mass is 9.78. The average Bonchev–Trinajstić information content (AvgIpc) is 3.37. The summed E-state index contributed by atoms with van der Waals surface area (Å²) in [5.41, 5.74) is 9.11. The minimum absolute atomic E-state index is 0.125. The summed E-state index contributed by atoms with van der Waals surface area (Å²) in [6, 6.07) is 14.8. The molecule has 1 aliphatic rings. The van der Waals surface area contributed by atoms with Gasteiger partial charge in [0.2, 0.25) is 11.8 Å². The number of primary amides is 1. The van der Waals surface area contributed by atoms with Crippen LogP contribution in [0.2, 0.25) is 0 Å². The molecule has 2 amide bonds. The Hall–Kier alpha value is -3.65. The van der Waals surface area contributed by atoms with E-state index in [-0.39, 0.29) is 18.1 Å². The maximum Gasteiger partial charge on any atom is 0.227 e. The van der Waals surface area contributed by atoms with E-state index in [2.05, 4.69) is 35.9 Å². The van der Waals surface area contributed by atoms with Gasteiger partial charge < -0.3 is 25.5 Å². The van der Waals surface area contributed by atoms with Crippen molar-refractivity contribution in [3.8, 4) is 5.75 Å². The van der Waals surface area contributed by atoms with Gasteiger partial charge in [-0.2, -0.15) is 0 Å². The van der Waals surface area contributed by atoms with Crippen LogP contribution >= 0.6 is 0 Å². The van der Waals surface area contributed by atoms with Crippen molar-refractivity contribution in [1.82, 2.24) is 14.9 Å². The number of aromatic amines is 1. The molecule has 37 heavy (non-hydrogen) atoms. The summed E-state index contributed by atoms with van der Waals surface area (Å²) in [4.78, 5) is 35.5. The molecule has 1 aliphatic heterocycles. The zero-order valence-corrected chi connectivity index (χ0v) is 21.5. The van der Waals surface area contributed by atoms with Crippen LogP contribution in [0.25, 0.3) is 0 Å². The lowest BCUT2D eigenvalue weighted by Crippen LogP contribution is -2.64. The molecule has 4 rings (SSSR count). The lowest BCUT2D eigenvalue weighted by molar-refractivity contribution is -0.178. The Morgan fingerprint density at radius 3 is 2.49 bits per heavy atom. The predicted molar refractivity (Wildman–Crippen MR) is 141 cm³/mol. The van der Waals surface area contributed by atoms with Crippen molar-refractivity contribution in [2.45, 2.75) is 45.1 Å². The zero-order chi connectivity index (χ0) is 26.4. The first kappa shape index (κ1) is 26.4. The number of rotatable bonds is 12. The molecule has 8 heteroatoms. The molecule has 2 atom stereocenters. The minimum Gasteiger partial charge on any atom is -0.508 e. The predicted octanol–water partition coefficient (Wildman–Crippen LogP) is 3.48. The Balaban J connectivity index is 1.60. The summed E-state index contributed by atoms with van der Waals surface area (Å²) in [6.45, 7) is 5.64. The van der Waals surface area contributed by atoms with E-state index < -0.39 is 23.3 Å². The van der Waals surface area contributed by atoms with Crippen molar-refractivity contribution in [2.75, 3.05) is 19.7 Å². The van der Waals surface area contributed by atoms with Crippen LogP contribution in [0.5, 0.6) is 5.75 Å². The van der Waals surface area contributed by atoms with E-state index in [1.165, 1.54) is 0 Å². The second kappa shape index (κ2) is 11.6. The number of aromatic nitrogens is 2. The van der Waals surface area contributed by atoms with Crippen LogP contribution in [0.15, 0.2) is 61.1 Å². The molecule has 0 radical (unpaired) electrons. The van der Waals surface area contributed by atoms with Gasteiger partial charge in [-0.3, -0.25) is 9.59 Å². The van der Waals surface area contributed by atoms with E-state index in [1.54, 1.807) is 41.7 Å². The van der Waals surface area contributed by atoms with Gasteiger partial charge >= 0.3 is 0 Å². The van der Waals surface area contributed by atoms with Crippen molar-refractivity contribution in [1.29, 1.82) is 0 Å². The zero-order valence-electron chi connectivity index (χ0n) is 21.5. The van der Waals surface area contributed by atoms with Crippen molar-refractivity contribution in [3.05, 3.63) is 83.4 Å². The first-order valence-corrected chi connectivity index (χ1v) is 12.9. The van der Waals surface area contributed by atoms with E-state index in [1.807, 2.05) is 12.1 Å². The number of carbonyl (C=O) groups excluding carboxylic acids is 2. The number of nitrogens with zero attached hydrogens (tertiary/aromatic N) is 2. The Kier molecular flexibility index (Phi) is 8.28. The molecule has 8 nitrogen and oxygen atoms in total. The van der Waals surface area contributed by atoms with Crippen LogP contribution in [0.3, 0.4) is 0 Å². The van der Waals surface area contributed by atoms with Gasteiger partial charge in [-0.15, -0.1) is 0 Å². The van der Waals surface area contributed by atoms with Gasteiger partial charge in [0.25, 0.3) is 0 Å². The van der Waals surface area contributed by atoms with E-state index >= 15 is 0 Å². The number of hydrogen-bond donors (Lipinski definition) is 3. The fourth-order valence-electron chi connectivity index (χ4n) is 5.16. The number of amides is 2. The van der Waals surface area contributed by atoms with Gasteiger partial charge in [-0.1, -0.05) is 49.7 Å². The molecule has 1 saturated heterocycles. The van der Waals surface area contributed by atoms with Crippen molar-refractivity contribution in [2.24, 2.45) is 17.6 Å². The SMILES string of the molecule is CCCCOC1(c2ccccc2C)CN(C(=O)C(Cc2ccc(O)cc2)C(Cc2cnc[nH]2)C(N)=O)C1. The third-order valence-electron chi connectivity index (χ3n) is 7.27. The van der Waals surface area contributed by atoms with E-state index in [9.17, 15) is 14.7 Å². The van der Waals surface area contributed by atoms with Gasteiger partial charge in [0.15, 0.2) is 0 Å². The third-order valence-corrected chi connectivity index (χ3v) is 7.27. The van der Waals surface area contributed by atoms with Crippen LogP contribution in [-0.2, 0) is 32.8 Å². The molecule has 2 aromatic carbocycles. The highest BCUT2D eigenvalue weighted by atomic mass is 16.5. The van der Waals surface area contributed by atoms with Crippen LogP contribution in [0.1, 0.15) is 42.1 Å². The molecule has 0 saturated carbocycles. The molecule has 2 unspecified atom stereocenters. The Morgan fingerprint density at radius 2 is 1.86 bits per heavy atom. The largest absolute Gasteiger partial charge is 0.508 e. The number of unbranched alkanes of at least 4 members (excludes halogenated alkanes) is 1. The van der Waals surface area contributed by atoms with Gasteiger partial charge in [0, 0.05) is 24.9 Å².